The van der Waals surface area contributed by atoms with E-state index in [1.807, 2.05) is 6.92 Å². The molecule has 6 nitrogen and oxygen atoms in total. The normalized spacial score (nSPS) is 13.1. The van der Waals surface area contributed by atoms with Crippen LogP contribution in [0.5, 0.6) is 5.75 Å². The molecule has 1 aromatic rings. The Morgan fingerprint density at radius 1 is 1.43 bits per heavy atom. The second-order valence-corrected chi connectivity index (χ2v) is 5.06. The van der Waals surface area contributed by atoms with Gasteiger partial charge in [0.1, 0.15) is 11.8 Å². The first-order chi connectivity index (χ1) is 9.88. The molecule has 0 unspecified atom stereocenters. The van der Waals surface area contributed by atoms with Gasteiger partial charge >= 0.3 is 12.0 Å². The molecular weight excluding hydrogens is 296 g/mol. The average molecular weight is 315 g/mol. The average Bonchev–Trinajstić information content (AvgIpc) is 2.45. The maximum absolute atomic E-state index is 11.9. The van der Waals surface area contributed by atoms with Gasteiger partial charge in [0, 0.05) is 11.8 Å². The summed E-state index contributed by atoms with van der Waals surface area (Å²) in [4.78, 5) is 23.0. The van der Waals surface area contributed by atoms with Gasteiger partial charge in [-0.1, -0.05) is 31.9 Å². The number of carboxylic acids is 1. The molecule has 0 aliphatic heterocycles. The van der Waals surface area contributed by atoms with Gasteiger partial charge in [-0.05, 0) is 18.1 Å². The van der Waals surface area contributed by atoms with Crippen molar-refractivity contribution >= 4 is 29.3 Å². The summed E-state index contributed by atoms with van der Waals surface area (Å²) in [5, 5.41) is 14.6. The minimum atomic E-state index is -1.06. The molecule has 2 amide bonds. The molecule has 0 fully saturated rings. The summed E-state index contributed by atoms with van der Waals surface area (Å²) in [5.74, 6) is -0.813. The predicted octanol–water partition coefficient (Wildman–Crippen LogP) is 2.97. The van der Waals surface area contributed by atoms with Crippen molar-refractivity contribution in [1.29, 1.82) is 0 Å². The molecule has 116 valence electrons. The van der Waals surface area contributed by atoms with Crippen molar-refractivity contribution < 1.29 is 19.4 Å². The third kappa shape index (κ3) is 4.82. The second-order valence-electron chi connectivity index (χ2n) is 4.65. The summed E-state index contributed by atoms with van der Waals surface area (Å²) < 4.78 is 5.04. The first kappa shape index (κ1) is 17.1. The molecule has 0 aliphatic rings. The predicted molar refractivity (Wildman–Crippen MR) is 81.0 cm³/mol. The fraction of sp³-hybridized carbons (Fsp3) is 0.429. The van der Waals surface area contributed by atoms with Crippen molar-refractivity contribution in [1.82, 2.24) is 5.32 Å². The van der Waals surface area contributed by atoms with Crippen LogP contribution in [-0.2, 0) is 4.79 Å². The highest BCUT2D eigenvalue weighted by atomic mass is 35.5. The second kappa shape index (κ2) is 7.73. The molecule has 3 N–H and O–H groups in total. The number of carbonyl (C=O) groups excluding carboxylic acids is 1. The monoisotopic (exact) mass is 314 g/mol. The summed E-state index contributed by atoms with van der Waals surface area (Å²) in [5.41, 5.74) is 0.460. The number of hydrogen-bond acceptors (Lipinski definition) is 3. The number of anilines is 1. The van der Waals surface area contributed by atoms with E-state index >= 15 is 0 Å². The van der Waals surface area contributed by atoms with E-state index in [2.05, 4.69) is 10.6 Å². The van der Waals surface area contributed by atoms with E-state index in [9.17, 15) is 9.59 Å². The lowest BCUT2D eigenvalue weighted by Crippen LogP contribution is -2.46. The van der Waals surface area contributed by atoms with Crippen LogP contribution in [0.3, 0.4) is 0 Å². The van der Waals surface area contributed by atoms with Crippen LogP contribution in [0.4, 0.5) is 10.5 Å². The van der Waals surface area contributed by atoms with Gasteiger partial charge in [-0.15, -0.1) is 0 Å². The molecule has 2 atom stereocenters. The Kier molecular flexibility index (Phi) is 6.30. The van der Waals surface area contributed by atoms with Crippen LogP contribution in [0, 0.1) is 5.92 Å². The fourth-order valence-corrected chi connectivity index (χ4v) is 1.92. The zero-order valence-corrected chi connectivity index (χ0v) is 12.9. The number of rotatable bonds is 6. The van der Waals surface area contributed by atoms with Crippen LogP contribution in [0.2, 0.25) is 5.02 Å². The Morgan fingerprint density at radius 3 is 2.62 bits per heavy atom. The first-order valence-corrected chi connectivity index (χ1v) is 6.90. The number of urea groups is 1. The summed E-state index contributed by atoms with van der Waals surface area (Å²) >= 11 is 5.89. The lowest BCUT2D eigenvalue weighted by molar-refractivity contribution is -0.140. The van der Waals surface area contributed by atoms with E-state index in [0.717, 1.165) is 0 Å². The number of amides is 2. The Bertz CT molecular complexity index is 522. The third-order valence-corrected chi connectivity index (χ3v) is 3.49. The zero-order chi connectivity index (χ0) is 16.0. The summed E-state index contributed by atoms with van der Waals surface area (Å²) in [6.45, 7) is 3.63. The van der Waals surface area contributed by atoms with Crippen LogP contribution in [0.25, 0.3) is 0 Å². The van der Waals surface area contributed by atoms with Crippen molar-refractivity contribution in [3.05, 3.63) is 23.2 Å². The van der Waals surface area contributed by atoms with Gasteiger partial charge in [0.25, 0.3) is 0 Å². The van der Waals surface area contributed by atoms with Crippen molar-refractivity contribution in [3.8, 4) is 5.75 Å². The SMILES string of the molecule is CC[C@H](C)[C@H](NC(=O)Nc1ccc(Cl)c(OC)c1)C(=O)O. The van der Waals surface area contributed by atoms with Gasteiger partial charge < -0.3 is 20.5 Å². The van der Waals surface area contributed by atoms with Gasteiger partial charge in [-0.3, -0.25) is 0 Å². The summed E-state index contributed by atoms with van der Waals surface area (Å²) in [6.07, 6.45) is 0.645. The number of carboxylic acid groups (broad SMARTS) is 1. The van der Waals surface area contributed by atoms with Crippen molar-refractivity contribution in [2.24, 2.45) is 5.92 Å². The first-order valence-electron chi connectivity index (χ1n) is 6.52. The fourth-order valence-electron chi connectivity index (χ4n) is 1.73. The largest absolute Gasteiger partial charge is 0.495 e. The smallest absolute Gasteiger partial charge is 0.326 e. The molecule has 0 aromatic heterocycles. The standard InChI is InChI=1S/C14H19ClN2O4/c1-4-8(2)12(13(18)19)17-14(20)16-9-5-6-10(15)11(7-9)21-3/h5-8,12H,4H2,1-3H3,(H,18,19)(H2,16,17,20)/t8-,12-/m0/s1. The number of ether oxygens (including phenoxy) is 1. The topological polar surface area (TPSA) is 87.7 Å². The number of hydrogen-bond donors (Lipinski definition) is 3. The lowest BCUT2D eigenvalue weighted by atomic mass is 9.99. The van der Waals surface area contributed by atoms with Crippen LogP contribution >= 0.6 is 11.6 Å². The number of nitrogens with one attached hydrogen (secondary N) is 2. The van der Waals surface area contributed by atoms with E-state index in [1.165, 1.54) is 7.11 Å². The number of methoxy groups -OCH3 is 1. The summed E-state index contributed by atoms with van der Waals surface area (Å²) in [6, 6.07) is 3.21. The molecule has 0 radical (unpaired) electrons. The van der Waals surface area contributed by atoms with Crippen LogP contribution in [0.15, 0.2) is 18.2 Å². The van der Waals surface area contributed by atoms with E-state index in [4.69, 9.17) is 21.4 Å². The Labute approximate surface area is 128 Å². The van der Waals surface area contributed by atoms with Gasteiger partial charge in [-0.25, -0.2) is 9.59 Å². The number of carbonyl (C=O) groups is 2. The molecule has 0 spiro atoms. The molecule has 7 heteroatoms. The molecule has 21 heavy (non-hydrogen) atoms. The van der Waals surface area contributed by atoms with Crippen molar-refractivity contribution in [3.63, 3.8) is 0 Å². The highest BCUT2D eigenvalue weighted by Gasteiger charge is 2.25. The molecule has 0 bridgehead atoms. The highest BCUT2D eigenvalue weighted by Crippen LogP contribution is 2.27. The number of benzene rings is 1. The minimum absolute atomic E-state index is 0.173. The highest BCUT2D eigenvalue weighted by molar-refractivity contribution is 6.32. The van der Waals surface area contributed by atoms with Crippen molar-refractivity contribution in [2.45, 2.75) is 26.3 Å². The Hall–Kier alpha value is -1.95. The maximum atomic E-state index is 11.9. The third-order valence-electron chi connectivity index (χ3n) is 3.17. The van der Waals surface area contributed by atoms with Crippen LogP contribution in [0.1, 0.15) is 20.3 Å². The minimum Gasteiger partial charge on any atom is -0.495 e. The Morgan fingerprint density at radius 2 is 2.10 bits per heavy atom. The molecule has 1 aromatic carbocycles. The quantitative estimate of drug-likeness (QED) is 0.753. The van der Waals surface area contributed by atoms with E-state index in [0.29, 0.717) is 22.9 Å². The molecule has 0 aliphatic carbocycles. The molecular formula is C14H19ClN2O4. The van der Waals surface area contributed by atoms with Crippen LogP contribution < -0.4 is 15.4 Å². The molecule has 0 heterocycles. The number of aliphatic carboxylic acids is 1. The Balaban J connectivity index is 2.74. The lowest BCUT2D eigenvalue weighted by Gasteiger charge is -2.20. The molecule has 1 rings (SSSR count). The van der Waals surface area contributed by atoms with Gasteiger partial charge in [-0.2, -0.15) is 0 Å². The number of halogens is 1. The van der Waals surface area contributed by atoms with Crippen molar-refractivity contribution in [2.75, 3.05) is 12.4 Å². The van der Waals surface area contributed by atoms with E-state index in [-0.39, 0.29) is 5.92 Å². The van der Waals surface area contributed by atoms with Gasteiger partial charge in [0.15, 0.2) is 0 Å². The van der Waals surface area contributed by atoms with Crippen LogP contribution in [-0.4, -0.2) is 30.3 Å². The van der Waals surface area contributed by atoms with E-state index < -0.39 is 18.0 Å². The molecule has 0 saturated heterocycles. The summed E-state index contributed by atoms with van der Waals surface area (Å²) in [7, 11) is 1.47. The van der Waals surface area contributed by atoms with Gasteiger partial charge in [0.05, 0.1) is 12.1 Å². The molecule has 0 saturated carbocycles. The maximum Gasteiger partial charge on any atom is 0.326 e. The van der Waals surface area contributed by atoms with Gasteiger partial charge in [0.2, 0.25) is 0 Å². The van der Waals surface area contributed by atoms with E-state index in [1.54, 1.807) is 25.1 Å². The zero-order valence-electron chi connectivity index (χ0n) is 12.1.